The zero-order chi connectivity index (χ0) is 15.5. The highest BCUT2D eigenvalue weighted by molar-refractivity contribution is 5.44. The molecule has 22 heavy (non-hydrogen) atoms. The highest BCUT2D eigenvalue weighted by Crippen LogP contribution is 2.30. The summed E-state index contributed by atoms with van der Waals surface area (Å²) in [6.45, 7) is 11.6. The number of hydrogen-bond donors (Lipinski definition) is 1. The average molecular weight is 303 g/mol. The first-order valence-electron chi connectivity index (χ1n) is 8.58. The van der Waals surface area contributed by atoms with Gasteiger partial charge in [0.25, 0.3) is 0 Å². The van der Waals surface area contributed by atoms with Crippen LogP contribution in [-0.4, -0.2) is 55.7 Å². The van der Waals surface area contributed by atoms with E-state index in [1.165, 1.54) is 16.7 Å². The van der Waals surface area contributed by atoms with E-state index in [0.29, 0.717) is 6.04 Å². The number of nitrogens with one attached hydrogen (secondary N) is 1. The van der Waals surface area contributed by atoms with Crippen LogP contribution >= 0.6 is 0 Å². The molecule has 122 valence electrons. The van der Waals surface area contributed by atoms with Gasteiger partial charge in [0.2, 0.25) is 0 Å². The van der Waals surface area contributed by atoms with Crippen LogP contribution in [0.5, 0.6) is 5.75 Å². The highest BCUT2D eigenvalue weighted by atomic mass is 16.5. The number of nitrogens with zero attached hydrogens (tertiary/aromatic N) is 2. The molecular formula is C18H29N3O. The van der Waals surface area contributed by atoms with Crippen LogP contribution < -0.4 is 10.1 Å². The van der Waals surface area contributed by atoms with Crippen molar-refractivity contribution >= 4 is 0 Å². The van der Waals surface area contributed by atoms with E-state index >= 15 is 0 Å². The maximum absolute atomic E-state index is 5.95. The van der Waals surface area contributed by atoms with E-state index in [9.17, 15) is 0 Å². The van der Waals surface area contributed by atoms with Gasteiger partial charge in [-0.25, -0.2) is 0 Å². The quantitative estimate of drug-likeness (QED) is 0.919. The van der Waals surface area contributed by atoms with Gasteiger partial charge in [0, 0.05) is 50.9 Å². The SMILES string of the molecule is CCOc1cc2c(cc1CN1CCNCC1)CC(C)N(C)C2. The molecule has 2 aliphatic heterocycles. The molecule has 1 aromatic rings. The lowest BCUT2D eigenvalue weighted by molar-refractivity contribution is 0.223. The summed E-state index contributed by atoms with van der Waals surface area (Å²) in [6.07, 6.45) is 1.15. The summed E-state index contributed by atoms with van der Waals surface area (Å²) in [4.78, 5) is 4.95. The second-order valence-electron chi connectivity index (χ2n) is 6.66. The molecule has 0 saturated carbocycles. The van der Waals surface area contributed by atoms with Crippen molar-refractivity contribution in [2.75, 3.05) is 39.8 Å². The molecule has 0 aromatic heterocycles. The van der Waals surface area contributed by atoms with Crippen LogP contribution in [0.2, 0.25) is 0 Å². The van der Waals surface area contributed by atoms with Crippen molar-refractivity contribution in [1.82, 2.24) is 15.1 Å². The minimum absolute atomic E-state index is 0.623. The number of ether oxygens (including phenoxy) is 1. The molecule has 1 saturated heterocycles. The Morgan fingerprint density at radius 2 is 2.00 bits per heavy atom. The molecule has 2 heterocycles. The van der Waals surface area contributed by atoms with E-state index in [1.54, 1.807) is 0 Å². The zero-order valence-electron chi connectivity index (χ0n) is 14.2. The number of hydrogen-bond acceptors (Lipinski definition) is 4. The first-order valence-corrected chi connectivity index (χ1v) is 8.58. The number of benzene rings is 1. The van der Waals surface area contributed by atoms with Gasteiger partial charge in [0.15, 0.2) is 0 Å². The fourth-order valence-corrected chi connectivity index (χ4v) is 3.48. The predicted molar refractivity (Wildman–Crippen MR) is 90.4 cm³/mol. The Hall–Kier alpha value is -1.10. The fraction of sp³-hybridized carbons (Fsp3) is 0.667. The normalized spacial score (nSPS) is 23.3. The maximum atomic E-state index is 5.95. The third-order valence-corrected chi connectivity index (χ3v) is 4.97. The van der Waals surface area contributed by atoms with E-state index in [2.05, 4.69) is 48.1 Å². The summed E-state index contributed by atoms with van der Waals surface area (Å²) >= 11 is 0. The monoisotopic (exact) mass is 303 g/mol. The lowest BCUT2D eigenvalue weighted by Gasteiger charge is -2.33. The Morgan fingerprint density at radius 3 is 2.73 bits per heavy atom. The zero-order valence-corrected chi connectivity index (χ0v) is 14.2. The molecule has 4 heteroatoms. The number of likely N-dealkylation sites (N-methyl/N-ethyl adjacent to an activating group) is 1. The van der Waals surface area contributed by atoms with Gasteiger partial charge in [0.05, 0.1) is 6.61 Å². The minimum atomic E-state index is 0.623. The standard InChI is InChI=1S/C18H29N3O/c1-4-22-18-11-16-12-20(3)14(2)9-15(16)10-17(18)13-21-7-5-19-6-8-21/h10-11,14,19H,4-9,12-13H2,1-3H3. The van der Waals surface area contributed by atoms with Gasteiger partial charge in [-0.1, -0.05) is 6.07 Å². The summed E-state index contributed by atoms with van der Waals surface area (Å²) in [7, 11) is 2.21. The first-order chi connectivity index (χ1) is 10.7. The van der Waals surface area contributed by atoms with Gasteiger partial charge in [-0.05, 0) is 44.5 Å². The van der Waals surface area contributed by atoms with E-state index in [4.69, 9.17) is 4.74 Å². The topological polar surface area (TPSA) is 27.7 Å². The average Bonchev–Trinajstić information content (AvgIpc) is 2.51. The van der Waals surface area contributed by atoms with Crippen molar-refractivity contribution in [2.24, 2.45) is 0 Å². The molecule has 4 nitrogen and oxygen atoms in total. The van der Waals surface area contributed by atoms with Gasteiger partial charge in [-0.15, -0.1) is 0 Å². The lowest BCUT2D eigenvalue weighted by Crippen LogP contribution is -2.43. The second-order valence-corrected chi connectivity index (χ2v) is 6.66. The van der Waals surface area contributed by atoms with Crippen LogP contribution in [0.3, 0.4) is 0 Å². The molecule has 0 bridgehead atoms. The Morgan fingerprint density at radius 1 is 1.23 bits per heavy atom. The third kappa shape index (κ3) is 3.45. The van der Waals surface area contributed by atoms with Crippen molar-refractivity contribution in [2.45, 2.75) is 39.4 Å². The van der Waals surface area contributed by atoms with Crippen LogP contribution in [0.1, 0.15) is 30.5 Å². The summed E-state index contributed by atoms with van der Waals surface area (Å²) in [5.41, 5.74) is 4.31. The molecular weight excluding hydrogens is 274 g/mol. The van der Waals surface area contributed by atoms with Gasteiger partial charge in [-0.3, -0.25) is 9.80 Å². The van der Waals surface area contributed by atoms with Crippen molar-refractivity contribution in [3.05, 3.63) is 28.8 Å². The van der Waals surface area contributed by atoms with Crippen LogP contribution in [0.15, 0.2) is 12.1 Å². The molecule has 0 radical (unpaired) electrons. The Kier molecular flexibility index (Phi) is 5.01. The van der Waals surface area contributed by atoms with Gasteiger partial charge >= 0.3 is 0 Å². The van der Waals surface area contributed by atoms with E-state index in [0.717, 1.165) is 58.0 Å². The van der Waals surface area contributed by atoms with Crippen molar-refractivity contribution in [3.8, 4) is 5.75 Å². The molecule has 0 amide bonds. The molecule has 2 aliphatic rings. The Labute approximate surface area is 134 Å². The van der Waals surface area contributed by atoms with Crippen LogP contribution in [0, 0.1) is 0 Å². The summed E-state index contributed by atoms with van der Waals surface area (Å²) in [5.74, 6) is 1.09. The molecule has 1 fully saturated rings. The summed E-state index contributed by atoms with van der Waals surface area (Å²) in [6, 6.07) is 5.32. The van der Waals surface area contributed by atoms with Crippen molar-refractivity contribution < 1.29 is 4.74 Å². The van der Waals surface area contributed by atoms with Gasteiger partial charge in [0.1, 0.15) is 5.75 Å². The van der Waals surface area contributed by atoms with Gasteiger partial charge < -0.3 is 10.1 Å². The largest absolute Gasteiger partial charge is 0.494 e. The van der Waals surface area contributed by atoms with Crippen LogP contribution in [0.25, 0.3) is 0 Å². The summed E-state index contributed by atoms with van der Waals surface area (Å²) < 4.78 is 5.95. The molecule has 0 aliphatic carbocycles. The predicted octanol–water partition coefficient (Wildman–Crippen LogP) is 1.87. The van der Waals surface area contributed by atoms with Crippen molar-refractivity contribution in [1.29, 1.82) is 0 Å². The molecule has 1 unspecified atom stereocenters. The molecule has 3 rings (SSSR count). The minimum Gasteiger partial charge on any atom is -0.494 e. The summed E-state index contributed by atoms with van der Waals surface area (Å²) in [5, 5.41) is 3.42. The first kappa shape index (κ1) is 15.8. The molecule has 0 spiro atoms. The van der Waals surface area contributed by atoms with E-state index in [1.807, 2.05) is 0 Å². The van der Waals surface area contributed by atoms with E-state index in [-0.39, 0.29) is 0 Å². The second kappa shape index (κ2) is 6.99. The third-order valence-electron chi connectivity index (χ3n) is 4.97. The molecule has 1 atom stereocenters. The highest BCUT2D eigenvalue weighted by Gasteiger charge is 2.22. The van der Waals surface area contributed by atoms with Crippen LogP contribution in [0.4, 0.5) is 0 Å². The Balaban J connectivity index is 1.85. The van der Waals surface area contributed by atoms with Gasteiger partial charge in [-0.2, -0.15) is 0 Å². The van der Waals surface area contributed by atoms with E-state index < -0.39 is 0 Å². The number of rotatable bonds is 4. The maximum Gasteiger partial charge on any atom is 0.124 e. The molecule has 1 N–H and O–H groups in total. The fourth-order valence-electron chi connectivity index (χ4n) is 3.48. The van der Waals surface area contributed by atoms with Crippen LogP contribution in [-0.2, 0) is 19.5 Å². The van der Waals surface area contributed by atoms with Crippen molar-refractivity contribution in [3.63, 3.8) is 0 Å². The number of fused-ring (bicyclic) bond motifs is 1. The molecule has 1 aromatic carbocycles. The number of piperazine rings is 1. The lowest BCUT2D eigenvalue weighted by atomic mass is 9.92. The Bertz CT molecular complexity index is 511. The smallest absolute Gasteiger partial charge is 0.124 e.